The third-order valence-electron chi connectivity index (χ3n) is 3.97. The zero-order valence-electron chi connectivity index (χ0n) is 12.3. The lowest BCUT2D eigenvalue weighted by atomic mass is 9.97. The highest BCUT2D eigenvalue weighted by Crippen LogP contribution is 2.19. The average Bonchev–Trinajstić information content (AvgIpc) is 2.48. The second-order valence-corrected chi connectivity index (χ2v) is 6.14. The Balaban J connectivity index is 1.69. The second kappa shape index (κ2) is 9.20. The monoisotopic (exact) mass is 291 g/mol. The van der Waals surface area contributed by atoms with Crippen LogP contribution >= 0.6 is 11.6 Å². The molecule has 1 aromatic carbocycles. The van der Waals surface area contributed by atoms with Crippen molar-refractivity contribution in [3.63, 3.8) is 0 Å². The molecule has 2 heteroatoms. The first-order valence-electron chi connectivity index (χ1n) is 7.87. The Morgan fingerprint density at radius 2 is 1.85 bits per heavy atom. The summed E-state index contributed by atoms with van der Waals surface area (Å²) in [6.07, 6.45) is 11.2. The highest BCUT2D eigenvalue weighted by Gasteiger charge is 2.15. The van der Waals surface area contributed by atoms with Gasteiger partial charge in [0.25, 0.3) is 0 Å². The van der Waals surface area contributed by atoms with E-state index in [1.165, 1.54) is 44.2 Å². The van der Waals surface area contributed by atoms with Crippen LogP contribution in [-0.4, -0.2) is 23.9 Å². The lowest BCUT2D eigenvalue weighted by Gasteiger charge is -2.29. The number of benzene rings is 1. The summed E-state index contributed by atoms with van der Waals surface area (Å²) in [6, 6.07) is 10.8. The molecule has 2 rings (SSSR count). The maximum absolute atomic E-state index is 5.71. The van der Waals surface area contributed by atoms with Crippen molar-refractivity contribution in [2.45, 2.75) is 38.6 Å². The number of rotatable bonds is 8. The van der Waals surface area contributed by atoms with Crippen LogP contribution < -0.4 is 0 Å². The van der Waals surface area contributed by atoms with E-state index in [9.17, 15) is 0 Å². The highest BCUT2D eigenvalue weighted by molar-refractivity contribution is 6.17. The van der Waals surface area contributed by atoms with E-state index in [-0.39, 0.29) is 0 Å². The minimum Gasteiger partial charge on any atom is -0.295 e. The van der Waals surface area contributed by atoms with Gasteiger partial charge in [-0.05, 0) is 24.3 Å². The van der Waals surface area contributed by atoms with Crippen LogP contribution in [0.3, 0.4) is 0 Å². The standard InChI is InChI=1S/C18H26ClN/c19-13-7-2-1-4-9-18-12-8-14-20(16-18)15-17-10-5-3-6-11-17/h3,5-6,8,10-12,18H,1-2,4,7,9,13-16H2/t18-/m1/s1. The van der Waals surface area contributed by atoms with E-state index < -0.39 is 0 Å². The lowest BCUT2D eigenvalue weighted by molar-refractivity contribution is 0.243. The summed E-state index contributed by atoms with van der Waals surface area (Å²) in [4.78, 5) is 2.55. The fourth-order valence-corrected chi connectivity index (χ4v) is 3.07. The van der Waals surface area contributed by atoms with Gasteiger partial charge in [-0.15, -0.1) is 11.6 Å². The van der Waals surface area contributed by atoms with Crippen molar-refractivity contribution in [1.82, 2.24) is 4.90 Å². The number of nitrogens with zero attached hydrogens (tertiary/aromatic N) is 1. The Labute approximate surface area is 128 Å². The molecule has 0 fully saturated rings. The predicted octanol–water partition coefficient (Wildman–Crippen LogP) is 4.86. The topological polar surface area (TPSA) is 3.24 Å². The molecule has 0 N–H and O–H groups in total. The molecule has 0 aliphatic carbocycles. The molecule has 20 heavy (non-hydrogen) atoms. The van der Waals surface area contributed by atoms with Gasteiger partial charge in [-0.1, -0.05) is 61.7 Å². The van der Waals surface area contributed by atoms with Crippen molar-refractivity contribution in [2.24, 2.45) is 5.92 Å². The van der Waals surface area contributed by atoms with Gasteiger partial charge in [0, 0.05) is 25.5 Å². The van der Waals surface area contributed by atoms with Gasteiger partial charge in [0.1, 0.15) is 0 Å². The predicted molar refractivity (Wildman–Crippen MR) is 88.2 cm³/mol. The molecule has 0 saturated carbocycles. The van der Waals surface area contributed by atoms with Gasteiger partial charge in [0.2, 0.25) is 0 Å². The molecule has 1 aromatic rings. The fraction of sp³-hybridized carbons (Fsp3) is 0.556. The molecule has 0 bridgehead atoms. The molecular formula is C18H26ClN. The summed E-state index contributed by atoms with van der Waals surface area (Å²) in [5.41, 5.74) is 1.42. The summed E-state index contributed by atoms with van der Waals surface area (Å²) in [6.45, 7) is 3.38. The van der Waals surface area contributed by atoms with Crippen LogP contribution in [0.2, 0.25) is 0 Å². The molecule has 0 saturated heterocycles. The quantitative estimate of drug-likeness (QED) is 0.375. The van der Waals surface area contributed by atoms with Crippen molar-refractivity contribution >= 4 is 11.6 Å². The minimum absolute atomic E-state index is 0.739. The van der Waals surface area contributed by atoms with Crippen LogP contribution in [0.5, 0.6) is 0 Å². The molecule has 0 amide bonds. The zero-order valence-corrected chi connectivity index (χ0v) is 13.1. The van der Waals surface area contributed by atoms with Gasteiger partial charge in [-0.3, -0.25) is 4.90 Å². The van der Waals surface area contributed by atoms with Crippen LogP contribution in [0.4, 0.5) is 0 Å². The van der Waals surface area contributed by atoms with E-state index in [4.69, 9.17) is 11.6 Å². The number of unbranched alkanes of at least 4 members (excludes halogenated alkanes) is 3. The van der Waals surface area contributed by atoms with Crippen LogP contribution in [0.1, 0.15) is 37.7 Å². The molecule has 110 valence electrons. The van der Waals surface area contributed by atoms with Crippen LogP contribution in [0.15, 0.2) is 42.5 Å². The molecular weight excluding hydrogens is 266 g/mol. The first-order valence-corrected chi connectivity index (χ1v) is 8.41. The van der Waals surface area contributed by atoms with Gasteiger partial charge in [-0.25, -0.2) is 0 Å². The minimum atomic E-state index is 0.739. The fourth-order valence-electron chi connectivity index (χ4n) is 2.88. The third-order valence-corrected chi connectivity index (χ3v) is 4.24. The Morgan fingerprint density at radius 1 is 1.05 bits per heavy atom. The summed E-state index contributed by atoms with van der Waals surface area (Å²) in [5, 5.41) is 0. The third kappa shape index (κ3) is 5.68. The number of hydrogen-bond donors (Lipinski definition) is 0. The summed E-state index contributed by atoms with van der Waals surface area (Å²) >= 11 is 5.71. The average molecular weight is 292 g/mol. The van der Waals surface area contributed by atoms with E-state index in [2.05, 4.69) is 47.4 Å². The van der Waals surface area contributed by atoms with Gasteiger partial charge >= 0.3 is 0 Å². The molecule has 0 radical (unpaired) electrons. The zero-order chi connectivity index (χ0) is 14.0. The van der Waals surface area contributed by atoms with Gasteiger partial charge < -0.3 is 0 Å². The Kier molecular flexibility index (Phi) is 7.18. The summed E-state index contributed by atoms with van der Waals surface area (Å²) < 4.78 is 0. The normalized spacial score (nSPS) is 19.4. The SMILES string of the molecule is ClCCCCCC[C@@H]1C=CCN(Cc2ccccc2)C1. The van der Waals surface area contributed by atoms with E-state index in [1.54, 1.807) is 0 Å². The van der Waals surface area contributed by atoms with E-state index in [1.807, 2.05) is 0 Å². The van der Waals surface area contributed by atoms with Crippen molar-refractivity contribution < 1.29 is 0 Å². The first-order chi connectivity index (χ1) is 9.88. The van der Waals surface area contributed by atoms with Crippen molar-refractivity contribution in [3.05, 3.63) is 48.0 Å². The van der Waals surface area contributed by atoms with E-state index in [0.29, 0.717) is 0 Å². The van der Waals surface area contributed by atoms with Crippen LogP contribution in [0, 0.1) is 5.92 Å². The molecule has 0 spiro atoms. The van der Waals surface area contributed by atoms with E-state index >= 15 is 0 Å². The van der Waals surface area contributed by atoms with Crippen molar-refractivity contribution in [2.75, 3.05) is 19.0 Å². The smallest absolute Gasteiger partial charge is 0.0237 e. The lowest BCUT2D eigenvalue weighted by Crippen LogP contribution is -2.31. The summed E-state index contributed by atoms with van der Waals surface area (Å²) in [5.74, 6) is 1.55. The molecule has 0 aromatic heterocycles. The van der Waals surface area contributed by atoms with E-state index in [0.717, 1.165) is 24.9 Å². The number of hydrogen-bond acceptors (Lipinski definition) is 1. The second-order valence-electron chi connectivity index (χ2n) is 5.76. The maximum Gasteiger partial charge on any atom is 0.0237 e. The van der Waals surface area contributed by atoms with Crippen LogP contribution in [0.25, 0.3) is 0 Å². The van der Waals surface area contributed by atoms with Crippen molar-refractivity contribution in [3.8, 4) is 0 Å². The largest absolute Gasteiger partial charge is 0.295 e. The maximum atomic E-state index is 5.71. The molecule has 1 aliphatic heterocycles. The van der Waals surface area contributed by atoms with Gasteiger partial charge in [0.05, 0.1) is 0 Å². The number of alkyl halides is 1. The Hall–Kier alpha value is -0.790. The van der Waals surface area contributed by atoms with Crippen LogP contribution in [-0.2, 0) is 6.54 Å². The molecule has 1 nitrogen and oxygen atoms in total. The first kappa shape index (κ1) is 15.6. The molecule has 1 atom stereocenters. The van der Waals surface area contributed by atoms with Gasteiger partial charge in [-0.2, -0.15) is 0 Å². The van der Waals surface area contributed by atoms with Crippen molar-refractivity contribution in [1.29, 1.82) is 0 Å². The molecule has 1 heterocycles. The molecule has 0 unspecified atom stereocenters. The Bertz CT molecular complexity index is 388. The highest BCUT2D eigenvalue weighted by atomic mass is 35.5. The Morgan fingerprint density at radius 3 is 2.65 bits per heavy atom. The molecule has 1 aliphatic rings. The summed E-state index contributed by atoms with van der Waals surface area (Å²) in [7, 11) is 0. The van der Waals surface area contributed by atoms with Gasteiger partial charge in [0.15, 0.2) is 0 Å². The number of halogens is 1.